The molecule has 0 saturated carbocycles. The lowest BCUT2D eigenvalue weighted by molar-refractivity contribution is -0.127. The lowest BCUT2D eigenvalue weighted by Crippen LogP contribution is -2.48. The zero-order valence-electron chi connectivity index (χ0n) is 14.3. The third-order valence-corrected chi connectivity index (χ3v) is 5.37. The van der Waals surface area contributed by atoms with Crippen LogP contribution in [0.1, 0.15) is 46.0 Å². The maximum Gasteiger partial charge on any atom is 0.350 e. The molecular weight excluding hydrogens is 326 g/mol. The summed E-state index contributed by atoms with van der Waals surface area (Å²) in [5.74, 6) is 0.0833. The number of carbonyl (C=O) groups excluding carboxylic acids is 3. The minimum Gasteiger partial charge on any atom is -0.356 e. The van der Waals surface area contributed by atoms with Crippen molar-refractivity contribution in [1.82, 2.24) is 10.2 Å². The third-order valence-electron chi connectivity index (χ3n) is 4.36. The molecule has 6 nitrogen and oxygen atoms in total. The average Bonchev–Trinajstić information content (AvgIpc) is 3.03. The topological polar surface area (TPSA) is 78.8 Å². The molecular formula is C17H25N3O3S. The Morgan fingerprint density at radius 3 is 2.92 bits per heavy atom. The molecule has 2 aliphatic heterocycles. The van der Waals surface area contributed by atoms with Crippen LogP contribution in [0, 0.1) is 5.92 Å². The third kappa shape index (κ3) is 4.69. The van der Waals surface area contributed by atoms with Gasteiger partial charge in [0.25, 0.3) is 0 Å². The number of nitrogens with one attached hydrogen (secondary N) is 1. The summed E-state index contributed by atoms with van der Waals surface area (Å²) in [5.41, 5.74) is 0.511. The van der Waals surface area contributed by atoms with E-state index >= 15 is 0 Å². The van der Waals surface area contributed by atoms with Crippen LogP contribution < -0.4 is 5.32 Å². The number of carbonyl (C=O) groups is 3. The lowest BCUT2D eigenvalue weighted by atomic mass is 9.99. The summed E-state index contributed by atoms with van der Waals surface area (Å²) in [6.45, 7) is 5.02. The summed E-state index contributed by atoms with van der Waals surface area (Å²) in [4.78, 5) is 41.2. The van der Waals surface area contributed by atoms with Crippen molar-refractivity contribution in [3.8, 4) is 0 Å². The van der Waals surface area contributed by atoms with Gasteiger partial charge in [-0.15, -0.1) is 11.8 Å². The SMILES string of the molecule is CCCCC(CC)CNC(=O)CCN1C(=O)N=C2C=CSC2C1=O. The van der Waals surface area contributed by atoms with E-state index in [1.165, 1.54) is 18.2 Å². The van der Waals surface area contributed by atoms with Gasteiger partial charge in [-0.3, -0.25) is 14.5 Å². The van der Waals surface area contributed by atoms with Gasteiger partial charge in [0.1, 0.15) is 5.25 Å². The summed E-state index contributed by atoms with van der Waals surface area (Å²) in [6, 6.07) is -0.569. The van der Waals surface area contributed by atoms with Crippen LogP contribution in [0.15, 0.2) is 16.5 Å². The number of hydrogen-bond donors (Lipinski definition) is 1. The van der Waals surface area contributed by atoms with Crippen LogP contribution in [0.2, 0.25) is 0 Å². The summed E-state index contributed by atoms with van der Waals surface area (Å²) in [6.07, 6.45) is 6.28. The van der Waals surface area contributed by atoms with Gasteiger partial charge in [0, 0.05) is 19.5 Å². The highest BCUT2D eigenvalue weighted by atomic mass is 32.2. The second-order valence-corrected chi connectivity index (χ2v) is 7.11. The van der Waals surface area contributed by atoms with Crippen LogP contribution in [0.3, 0.4) is 0 Å². The van der Waals surface area contributed by atoms with Crippen LogP contribution in [0.5, 0.6) is 0 Å². The molecule has 132 valence electrons. The van der Waals surface area contributed by atoms with Gasteiger partial charge in [0.05, 0.1) is 5.71 Å². The van der Waals surface area contributed by atoms with E-state index in [0.717, 1.165) is 24.2 Å². The Morgan fingerprint density at radius 1 is 1.42 bits per heavy atom. The lowest BCUT2D eigenvalue weighted by Gasteiger charge is -2.25. The van der Waals surface area contributed by atoms with Gasteiger partial charge in [0.15, 0.2) is 0 Å². The fraction of sp³-hybridized carbons (Fsp3) is 0.647. The summed E-state index contributed by atoms with van der Waals surface area (Å²) < 4.78 is 0. The highest BCUT2D eigenvalue weighted by molar-refractivity contribution is 8.04. The van der Waals surface area contributed by atoms with Gasteiger partial charge in [0.2, 0.25) is 11.8 Å². The van der Waals surface area contributed by atoms with Crippen LogP contribution >= 0.6 is 11.8 Å². The second-order valence-electron chi connectivity index (χ2n) is 6.10. The number of nitrogens with zero attached hydrogens (tertiary/aromatic N) is 2. The first kappa shape index (κ1) is 18.7. The summed E-state index contributed by atoms with van der Waals surface area (Å²) in [7, 11) is 0. The van der Waals surface area contributed by atoms with Crippen molar-refractivity contribution in [2.45, 2.75) is 51.2 Å². The zero-order valence-corrected chi connectivity index (χ0v) is 15.1. The Labute approximate surface area is 147 Å². The Bertz CT molecular complexity index is 559. The summed E-state index contributed by atoms with van der Waals surface area (Å²) in [5, 5.41) is 4.26. The minimum absolute atomic E-state index is 0.0864. The van der Waals surface area contributed by atoms with E-state index in [1.807, 2.05) is 0 Å². The fourth-order valence-electron chi connectivity index (χ4n) is 2.74. The van der Waals surface area contributed by atoms with E-state index in [1.54, 1.807) is 11.5 Å². The molecule has 2 rings (SSSR count). The van der Waals surface area contributed by atoms with Crippen molar-refractivity contribution in [2.75, 3.05) is 13.1 Å². The van der Waals surface area contributed by atoms with Gasteiger partial charge in [-0.05, 0) is 23.8 Å². The first-order chi connectivity index (χ1) is 11.6. The van der Waals surface area contributed by atoms with Gasteiger partial charge in [-0.25, -0.2) is 4.79 Å². The predicted octanol–water partition coefficient (Wildman–Crippen LogP) is 2.74. The normalized spacial score (nSPS) is 20.8. The van der Waals surface area contributed by atoms with Crippen LogP contribution in [-0.2, 0) is 9.59 Å². The Kier molecular flexibility index (Phi) is 7.02. The van der Waals surface area contributed by atoms with E-state index in [9.17, 15) is 14.4 Å². The molecule has 7 heteroatoms. The van der Waals surface area contributed by atoms with Gasteiger partial charge >= 0.3 is 6.03 Å². The molecule has 0 fully saturated rings. The molecule has 0 aromatic heterocycles. The number of amides is 4. The highest BCUT2D eigenvalue weighted by Crippen LogP contribution is 2.27. The molecule has 0 aromatic carbocycles. The quantitative estimate of drug-likeness (QED) is 0.693. The molecule has 0 saturated heterocycles. The van der Waals surface area contributed by atoms with Crippen molar-refractivity contribution in [1.29, 1.82) is 0 Å². The van der Waals surface area contributed by atoms with E-state index in [2.05, 4.69) is 24.2 Å². The number of fused-ring (bicyclic) bond motifs is 1. The second kappa shape index (κ2) is 9.01. The maximum absolute atomic E-state index is 12.3. The molecule has 24 heavy (non-hydrogen) atoms. The predicted molar refractivity (Wildman–Crippen MR) is 96.0 cm³/mol. The molecule has 2 unspecified atom stereocenters. The van der Waals surface area contributed by atoms with Gasteiger partial charge in [-0.1, -0.05) is 33.1 Å². The van der Waals surface area contributed by atoms with Gasteiger partial charge in [-0.2, -0.15) is 4.99 Å². The van der Waals surface area contributed by atoms with Gasteiger partial charge < -0.3 is 5.32 Å². The fourth-order valence-corrected chi connectivity index (χ4v) is 3.63. The number of urea groups is 1. The molecule has 2 aliphatic rings. The van der Waals surface area contributed by atoms with Crippen molar-refractivity contribution in [3.05, 3.63) is 11.5 Å². The zero-order chi connectivity index (χ0) is 17.5. The number of rotatable bonds is 9. The maximum atomic E-state index is 12.3. The van der Waals surface area contributed by atoms with Crippen molar-refractivity contribution in [3.63, 3.8) is 0 Å². The van der Waals surface area contributed by atoms with Crippen LogP contribution in [0.4, 0.5) is 4.79 Å². The van der Waals surface area contributed by atoms with Crippen LogP contribution in [0.25, 0.3) is 0 Å². The Morgan fingerprint density at radius 2 is 2.21 bits per heavy atom. The Hall–Kier alpha value is -1.63. The van der Waals surface area contributed by atoms with Crippen molar-refractivity contribution < 1.29 is 14.4 Å². The molecule has 0 spiro atoms. The summed E-state index contributed by atoms with van der Waals surface area (Å²) >= 11 is 1.34. The standard InChI is InChI=1S/C17H25N3O3S/c1-3-5-6-12(4-2)11-18-14(21)7-9-20-16(22)15-13(8-10-24-15)19-17(20)23/h8,10,12,15H,3-7,9,11H2,1-2H3,(H,18,21). The molecule has 2 atom stereocenters. The first-order valence-corrected chi connectivity index (χ1v) is 9.53. The minimum atomic E-state index is -0.569. The van der Waals surface area contributed by atoms with E-state index < -0.39 is 11.3 Å². The molecule has 2 heterocycles. The van der Waals surface area contributed by atoms with E-state index in [0.29, 0.717) is 18.2 Å². The molecule has 0 aromatic rings. The number of hydrogen-bond acceptors (Lipinski definition) is 4. The molecule has 4 amide bonds. The largest absolute Gasteiger partial charge is 0.356 e. The Balaban J connectivity index is 1.77. The number of aliphatic imine (C=N–C) groups is 1. The first-order valence-electron chi connectivity index (χ1n) is 8.59. The van der Waals surface area contributed by atoms with Crippen molar-refractivity contribution >= 4 is 35.3 Å². The molecule has 1 N–H and O–H groups in total. The number of unbranched alkanes of at least 4 members (excludes halogenated alkanes) is 1. The smallest absolute Gasteiger partial charge is 0.350 e. The highest BCUT2D eigenvalue weighted by Gasteiger charge is 2.38. The molecule has 0 aliphatic carbocycles. The number of imide groups is 1. The average molecular weight is 351 g/mol. The van der Waals surface area contributed by atoms with E-state index in [4.69, 9.17) is 0 Å². The van der Waals surface area contributed by atoms with Crippen LogP contribution in [-0.4, -0.2) is 46.8 Å². The monoisotopic (exact) mass is 351 g/mol. The molecule has 0 bridgehead atoms. The number of thioether (sulfide) groups is 1. The number of allylic oxidation sites excluding steroid dienone is 1. The van der Waals surface area contributed by atoms with Crippen molar-refractivity contribution in [2.24, 2.45) is 10.9 Å². The van der Waals surface area contributed by atoms with E-state index in [-0.39, 0.29) is 24.8 Å². The molecule has 0 radical (unpaired) electrons.